The average Bonchev–Trinajstić information content (AvgIpc) is 3.40. The van der Waals surface area contributed by atoms with Crippen molar-refractivity contribution in [1.82, 2.24) is 20.1 Å². The van der Waals surface area contributed by atoms with E-state index in [1.165, 1.54) is 0 Å². The predicted molar refractivity (Wildman–Crippen MR) is 159 cm³/mol. The van der Waals surface area contributed by atoms with Gasteiger partial charge in [-0.3, -0.25) is 14.4 Å². The lowest BCUT2D eigenvalue weighted by Gasteiger charge is -2.32. The van der Waals surface area contributed by atoms with Crippen LogP contribution < -0.4 is 10.6 Å². The lowest BCUT2D eigenvalue weighted by Crippen LogP contribution is -2.47. The standard InChI is InChI=1S/C31H34ClN5O3/c1-5-25(20-7-6-8-22(32)15-20)34-29(38)21-9-10-26-23(16-21)24(30(39)35-26)17-27-18(2)28(19(3)33-27)31(40)37-13-11-36(4)12-14-37/h6-10,15-17,25,33H,5,11-14H2,1-4H3,(H,34,38)(H,35,39)/b24-17-. The normalized spacial score (nSPS) is 17.1. The van der Waals surface area contributed by atoms with Gasteiger partial charge in [0.2, 0.25) is 0 Å². The van der Waals surface area contributed by atoms with Gasteiger partial charge in [0, 0.05) is 59.4 Å². The van der Waals surface area contributed by atoms with Crippen molar-refractivity contribution < 1.29 is 14.4 Å². The summed E-state index contributed by atoms with van der Waals surface area (Å²) in [6.45, 7) is 8.85. The Labute approximate surface area is 239 Å². The van der Waals surface area contributed by atoms with Crippen LogP contribution in [-0.4, -0.2) is 65.7 Å². The first-order valence-electron chi connectivity index (χ1n) is 13.6. The Morgan fingerprint density at radius 2 is 1.85 bits per heavy atom. The zero-order valence-corrected chi connectivity index (χ0v) is 24.0. The highest BCUT2D eigenvalue weighted by Gasteiger charge is 2.29. The summed E-state index contributed by atoms with van der Waals surface area (Å²) >= 11 is 6.16. The molecule has 40 heavy (non-hydrogen) atoms. The Morgan fingerprint density at radius 3 is 2.55 bits per heavy atom. The second-order valence-electron chi connectivity index (χ2n) is 10.5. The zero-order chi connectivity index (χ0) is 28.6. The lowest BCUT2D eigenvalue weighted by molar-refractivity contribution is -0.110. The molecule has 0 bridgehead atoms. The van der Waals surface area contributed by atoms with Gasteiger partial charge in [-0.15, -0.1) is 0 Å². The average molecular weight is 560 g/mol. The van der Waals surface area contributed by atoms with Crippen LogP contribution in [0.1, 0.15) is 68.2 Å². The van der Waals surface area contributed by atoms with Crippen molar-refractivity contribution in [2.75, 3.05) is 38.5 Å². The summed E-state index contributed by atoms with van der Waals surface area (Å²) in [7, 11) is 2.06. The monoisotopic (exact) mass is 559 g/mol. The number of aromatic amines is 1. The van der Waals surface area contributed by atoms with E-state index in [1.54, 1.807) is 30.3 Å². The number of halogens is 1. The molecule has 208 valence electrons. The van der Waals surface area contributed by atoms with E-state index in [0.29, 0.717) is 58.2 Å². The minimum atomic E-state index is -0.253. The number of fused-ring (bicyclic) bond motifs is 1. The van der Waals surface area contributed by atoms with Gasteiger partial charge in [0.25, 0.3) is 17.7 Å². The molecule has 5 rings (SSSR count). The molecule has 9 heteroatoms. The van der Waals surface area contributed by atoms with Crippen molar-refractivity contribution in [2.45, 2.75) is 33.2 Å². The van der Waals surface area contributed by atoms with Crippen LogP contribution in [0.5, 0.6) is 0 Å². The summed E-state index contributed by atoms with van der Waals surface area (Å²) in [6, 6.07) is 12.5. The molecule has 1 unspecified atom stereocenters. The first kappa shape index (κ1) is 27.7. The van der Waals surface area contributed by atoms with Crippen LogP contribution in [0.2, 0.25) is 5.02 Å². The number of carbonyl (C=O) groups excluding carboxylic acids is 3. The van der Waals surface area contributed by atoms with Crippen LogP contribution in [0.4, 0.5) is 5.69 Å². The molecule has 2 aliphatic rings. The van der Waals surface area contributed by atoms with Gasteiger partial charge in [0.05, 0.1) is 17.2 Å². The second kappa shape index (κ2) is 11.3. The summed E-state index contributed by atoms with van der Waals surface area (Å²) in [5, 5.41) is 6.59. The fraction of sp³-hybridized carbons (Fsp3) is 0.323. The Hall–Kier alpha value is -3.88. The first-order valence-corrected chi connectivity index (χ1v) is 13.9. The summed E-state index contributed by atoms with van der Waals surface area (Å²) in [6.07, 6.45) is 2.47. The molecule has 0 saturated carbocycles. The Balaban J connectivity index is 1.41. The van der Waals surface area contributed by atoms with E-state index in [2.05, 4.69) is 27.6 Å². The van der Waals surface area contributed by atoms with Gasteiger partial charge < -0.3 is 25.4 Å². The smallest absolute Gasteiger partial charge is 0.256 e. The summed E-state index contributed by atoms with van der Waals surface area (Å²) < 4.78 is 0. The number of nitrogens with zero attached hydrogens (tertiary/aromatic N) is 2. The van der Waals surface area contributed by atoms with E-state index in [-0.39, 0.29) is 23.8 Å². The van der Waals surface area contributed by atoms with Crippen LogP contribution in [-0.2, 0) is 4.79 Å². The summed E-state index contributed by atoms with van der Waals surface area (Å²) in [4.78, 5) is 47.0. The Bertz CT molecular complexity index is 1520. The Kier molecular flexibility index (Phi) is 7.83. The number of hydrogen-bond donors (Lipinski definition) is 3. The van der Waals surface area contributed by atoms with Crippen molar-refractivity contribution in [2.24, 2.45) is 0 Å². The first-order chi connectivity index (χ1) is 19.2. The van der Waals surface area contributed by atoms with Gasteiger partial charge in [-0.25, -0.2) is 0 Å². The van der Waals surface area contributed by atoms with E-state index < -0.39 is 0 Å². The van der Waals surface area contributed by atoms with Crippen LogP contribution in [0, 0.1) is 13.8 Å². The molecular weight excluding hydrogens is 526 g/mol. The molecule has 0 spiro atoms. The molecule has 3 aromatic rings. The second-order valence-corrected chi connectivity index (χ2v) is 11.0. The third kappa shape index (κ3) is 5.42. The van der Waals surface area contributed by atoms with Gasteiger partial charge >= 0.3 is 0 Å². The minimum Gasteiger partial charge on any atom is -0.358 e. The molecule has 1 atom stereocenters. The molecule has 1 saturated heterocycles. The molecule has 0 aliphatic carbocycles. The maximum absolute atomic E-state index is 13.4. The van der Waals surface area contributed by atoms with Crippen LogP contribution >= 0.6 is 11.6 Å². The molecule has 3 N–H and O–H groups in total. The van der Waals surface area contributed by atoms with Gasteiger partial charge in [-0.05, 0) is 74.9 Å². The third-order valence-electron chi connectivity index (χ3n) is 7.80. The quantitative estimate of drug-likeness (QED) is 0.368. The highest BCUT2D eigenvalue weighted by atomic mass is 35.5. The number of rotatable bonds is 6. The van der Waals surface area contributed by atoms with E-state index >= 15 is 0 Å². The zero-order valence-electron chi connectivity index (χ0n) is 23.2. The van der Waals surface area contributed by atoms with E-state index in [1.807, 2.05) is 43.9 Å². The number of anilines is 1. The number of aromatic nitrogens is 1. The van der Waals surface area contributed by atoms with Gasteiger partial charge in [-0.2, -0.15) is 0 Å². The largest absolute Gasteiger partial charge is 0.358 e. The van der Waals surface area contributed by atoms with Crippen molar-refractivity contribution in [1.29, 1.82) is 0 Å². The molecule has 1 fully saturated rings. The summed E-state index contributed by atoms with van der Waals surface area (Å²) in [5.74, 6) is -0.485. The molecule has 0 radical (unpaired) electrons. The molecular formula is C31H34ClN5O3. The van der Waals surface area contributed by atoms with Crippen molar-refractivity contribution >= 4 is 46.7 Å². The topological polar surface area (TPSA) is 97.5 Å². The molecule has 8 nitrogen and oxygen atoms in total. The fourth-order valence-electron chi connectivity index (χ4n) is 5.41. The number of carbonyl (C=O) groups is 3. The van der Waals surface area contributed by atoms with Crippen LogP contribution in [0.15, 0.2) is 42.5 Å². The SMILES string of the molecule is CCC(NC(=O)c1ccc2c(c1)/C(=C/c1[nH]c(C)c(C(=O)N3CCN(C)CC3)c1C)C(=O)N2)c1cccc(Cl)c1. The maximum atomic E-state index is 13.4. The number of hydrogen-bond acceptors (Lipinski definition) is 4. The summed E-state index contributed by atoms with van der Waals surface area (Å²) in [5.41, 5.74) is 6.03. The van der Waals surface area contributed by atoms with E-state index in [0.717, 1.165) is 29.9 Å². The van der Waals surface area contributed by atoms with E-state index in [4.69, 9.17) is 11.6 Å². The third-order valence-corrected chi connectivity index (χ3v) is 8.03. The van der Waals surface area contributed by atoms with Gasteiger partial charge in [0.1, 0.15) is 0 Å². The molecule has 3 heterocycles. The number of piperazine rings is 1. The molecule has 2 aromatic carbocycles. The fourth-order valence-corrected chi connectivity index (χ4v) is 5.61. The van der Waals surface area contributed by atoms with Crippen molar-refractivity contribution in [3.8, 4) is 0 Å². The highest BCUT2D eigenvalue weighted by Crippen LogP contribution is 2.35. The molecule has 3 amide bonds. The number of benzene rings is 2. The Morgan fingerprint density at radius 1 is 1.10 bits per heavy atom. The van der Waals surface area contributed by atoms with Crippen molar-refractivity contribution in [3.63, 3.8) is 0 Å². The lowest BCUT2D eigenvalue weighted by atomic mass is 10.0. The van der Waals surface area contributed by atoms with Crippen LogP contribution in [0.3, 0.4) is 0 Å². The maximum Gasteiger partial charge on any atom is 0.256 e. The van der Waals surface area contributed by atoms with Gasteiger partial charge in [0.15, 0.2) is 0 Å². The number of H-pyrrole nitrogens is 1. The minimum absolute atomic E-state index is 0.00409. The number of nitrogens with one attached hydrogen (secondary N) is 3. The highest BCUT2D eigenvalue weighted by molar-refractivity contribution is 6.35. The molecule has 1 aromatic heterocycles. The number of aryl methyl sites for hydroxylation is 1. The van der Waals surface area contributed by atoms with E-state index in [9.17, 15) is 14.4 Å². The van der Waals surface area contributed by atoms with Crippen molar-refractivity contribution in [3.05, 3.63) is 86.7 Å². The van der Waals surface area contributed by atoms with Crippen LogP contribution in [0.25, 0.3) is 11.6 Å². The number of likely N-dealkylation sites (N-methyl/N-ethyl adjacent to an activating group) is 1. The molecule has 2 aliphatic heterocycles. The number of amides is 3. The van der Waals surface area contributed by atoms with Gasteiger partial charge in [-0.1, -0.05) is 30.7 Å². The predicted octanol–water partition coefficient (Wildman–Crippen LogP) is 5.05.